The minimum Gasteiger partial charge on any atom is -0.360 e. The Labute approximate surface area is 129 Å². The van der Waals surface area contributed by atoms with Crippen molar-refractivity contribution in [3.8, 4) is 0 Å². The average molecular weight is 357 g/mol. The number of aromatic nitrogens is 2. The van der Waals surface area contributed by atoms with Crippen molar-refractivity contribution in [3.05, 3.63) is 49.9 Å². The van der Waals surface area contributed by atoms with Crippen LogP contribution in [0.1, 0.15) is 18.2 Å². The zero-order valence-corrected chi connectivity index (χ0v) is 13.1. The molecule has 0 aliphatic rings. The summed E-state index contributed by atoms with van der Waals surface area (Å²) >= 11 is 3.27. The molecule has 8 heteroatoms. The van der Waals surface area contributed by atoms with Gasteiger partial charge in [-0.15, -0.1) is 0 Å². The molecule has 1 N–H and O–H groups in total. The molecule has 0 saturated carbocycles. The molecule has 2 aromatic rings. The minimum absolute atomic E-state index is 0.0598. The molecule has 2 rings (SSSR count). The Morgan fingerprint density at radius 1 is 1.52 bits per heavy atom. The highest BCUT2D eigenvalue weighted by Gasteiger charge is 2.25. The van der Waals surface area contributed by atoms with E-state index in [1.807, 2.05) is 0 Å². The minimum atomic E-state index is -0.467. The van der Waals surface area contributed by atoms with E-state index in [1.54, 1.807) is 26.1 Å². The third-order valence-corrected chi connectivity index (χ3v) is 3.56. The first-order chi connectivity index (χ1) is 9.93. The molecule has 0 aliphatic heterocycles. The summed E-state index contributed by atoms with van der Waals surface area (Å²) < 4.78 is 15.8. The van der Waals surface area contributed by atoms with E-state index in [9.17, 15) is 14.5 Å². The summed E-state index contributed by atoms with van der Waals surface area (Å²) in [4.78, 5) is 10.7. The number of rotatable bonds is 5. The molecule has 1 heterocycles. The molecule has 0 saturated heterocycles. The lowest BCUT2D eigenvalue weighted by atomic mass is 10.2. The number of nitro groups is 1. The first-order valence-electron chi connectivity index (χ1n) is 6.32. The van der Waals surface area contributed by atoms with Crippen LogP contribution in [-0.4, -0.2) is 14.7 Å². The van der Waals surface area contributed by atoms with E-state index in [2.05, 4.69) is 26.3 Å². The second kappa shape index (κ2) is 6.21. The maximum absolute atomic E-state index is 13.7. The van der Waals surface area contributed by atoms with Gasteiger partial charge in [0.05, 0.1) is 4.92 Å². The van der Waals surface area contributed by atoms with Gasteiger partial charge in [0.2, 0.25) is 5.82 Å². The predicted molar refractivity (Wildman–Crippen MR) is 80.7 cm³/mol. The van der Waals surface area contributed by atoms with Crippen molar-refractivity contribution in [2.75, 3.05) is 5.32 Å². The molecule has 0 radical (unpaired) electrons. The standard InChI is InChI=1S/C13H14BrFN4O2/c1-3-11-12(19(20)21)13(18(2)17-11)16-7-8-6-9(14)4-5-10(8)15/h4-6,16H,3,7H2,1-2H3. The maximum Gasteiger partial charge on any atom is 0.333 e. The van der Waals surface area contributed by atoms with Gasteiger partial charge in [-0.3, -0.25) is 10.1 Å². The lowest BCUT2D eigenvalue weighted by Crippen LogP contribution is -2.07. The third-order valence-electron chi connectivity index (χ3n) is 3.06. The van der Waals surface area contributed by atoms with Gasteiger partial charge in [-0.1, -0.05) is 22.9 Å². The van der Waals surface area contributed by atoms with Crippen LogP contribution in [0.15, 0.2) is 22.7 Å². The zero-order chi connectivity index (χ0) is 15.6. The Kier molecular flexibility index (Phi) is 4.56. The van der Waals surface area contributed by atoms with Crippen LogP contribution in [0.25, 0.3) is 0 Å². The second-order valence-corrected chi connectivity index (χ2v) is 5.38. The largest absolute Gasteiger partial charge is 0.360 e. The number of halogens is 2. The number of benzene rings is 1. The highest BCUT2D eigenvalue weighted by Crippen LogP contribution is 2.29. The molecule has 0 bridgehead atoms. The van der Waals surface area contributed by atoms with Gasteiger partial charge in [0.15, 0.2) is 0 Å². The Hall–Kier alpha value is -1.96. The number of aryl methyl sites for hydroxylation is 2. The van der Waals surface area contributed by atoms with Crippen molar-refractivity contribution >= 4 is 27.4 Å². The monoisotopic (exact) mass is 356 g/mol. The van der Waals surface area contributed by atoms with Crippen molar-refractivity contribution in [2.45, 2.75) is 19.9 Å². The molecule has 0 atom stereocenters. The number of nitrogens with zero attached hydrogens (tertiary/aromatic N) is 3. The topological polar surface area (TPSA) is 73.0 Å². The quantitative estimate of drug-likeness (QED) is 0.658. The van der Waals surface area contributed by atoms with Crippen LogP contribution >= 0.6 is 15.9 Å². The summed E-state index contributed by atoms with van der Waals surface area (Å²) in [5, 5.41) is 18.2. The van der Waals surface area contributed by atoms with Gasteiger partial charge < -0.3 is 5.32 Å². The van der Waals surface area contributed by atoms with Crippen LogP contribution in [0.4, 0.5) is 15.9 Å². The fourth-order valence-corrected chi connectivity index (χ4v) is 2.46. The summed E-state index contributed by atoms with van der Waals surface area (Å²) in [5.74, 6) is -0.0949. The van der Waals surface area contributed by atoms with E-state index >= 15 is 0 Å². The van der Waals surface area contributed by atoms with E-state index < -0.39 is 4.92 Å². The molecule has 1 aromatic heterocycles. The second-order valence-electron chi connectivity index (χ2n) is 4.47. The maximum atomic E-state index is 13.7. The Bertz CT molecular complexity index is 687. The SMILES string of the molecule is CCc1nn(C)c(NCc2cc(Br)ccc2F)c1[N+](=O)[O-]. The summed E-state index contributed by atoms with van der Waals surface area (Å²) in [6, 6.07) is 4.57. The Morgan fingerprint density at radius 3 is 2.86 bits per heavy atom. The number of nitrogens with one attached hydrogen (secondary N) is 1. The van der Waals surface area contributed by atoms with Crippen LogP contribution in [-0.2, 0) is 20.0 Å². The molecule has 112 valence electrons. The normalized spacial score (nSPS) is 10.7. The summed E-state index contributed by atoms with van der Waals surface area (Å²) in [5.41, 5.74) is 0.757. The molecule has 0 spiro atoms. The molecular formula is C13H14BrFN4O2. The molecule has 21 heavy (non-hydrogen) atoms. The molecule has 0 aliphatic carbocycles. The Balaban J connectivity index is 2.30. The van der Waals surface area contributed by atoms with Gasteiger partial charge >= 0.3 is 5.69 Å². The molecule has 1 aromatic carbocycles. The molecule has 0 fully saturated rings. The molecular weight excluding hydrogens is 343 g/mol. The highest BCUT2D eigenvalue weighted by molar-refractivity contribution is 9.10. The van der Waals surface area contributed by atoms with Crippen molar-refractivity contribution in [3.63, 3.8) is 0 Å². The van der Waals surface area contributed by atoms with Crippen molar-refractivity contribution < 1.29 is 9.31 Å². The average Bonchev–Trinajstić information content (AvgIpc) is 2.76. The molecule has 6 nitrogen and oxygen atoms in total. The van der Waals surface area contributed by atoms with Gasteiger partial charge in [0.1, 0.15) is 11.5 Å². The van der Waals surface area contributed by atoms with Gasteiger partial charge in [-0.05, 0) is 24.6 Å². The smallest absolute Gasteiger partial charge is 0.333 e. The van der Waals surface area contributed by atoms with Crippen LogP contribution < -0.4 is 5.32 Å². The van der Waals surface area contributed by atoms with Crippen LogP contribution in [0.2, 0.25) is 0 Å². The van der Waals surface area contributed by atoms with Crippen LogP contribution in [0.5, 0.6) is 0 Å². The van der Waals surface area contributed by atoms with Gasteiger partial charge in [-0.25, -0.2) is 9.07 Å². The van der Waals surface area contributed by atoms with Crippen LogP contribution in [0.3, 0.4) is 0 Å². The first kappa shape index (κ1) is 15.4. The fraction of sp³-hybridized carbons (Fsp3) is 0.308. The van der Waals surface area contributed by atoms with Crippen molar-refractivity contribution in [1.82, 2.24) is 9.78 Å². The van der Waals surface area contributed by atoms with Gasteiger partial charge in [0, 0.05) is 23.6 Å². The number of hydrogen-bond donors (Lipinski definition) is 1. The first-order valence-corrected chi connectivity index (χ1v) is 7.11. The molecule has 0 amide bonds. The van der Waals surface area contributed by atoms with Gasteiger partial charge in [0.25, 0.3) is 0 Å². The lowest BCUT2D eigenvalue weighted by Gasteiger charge is -2.07. The van der Waals surface area contributed by atoms with Crippen molar-refractivity contribution in [2.24, 2.45) is 7.05 Å². The fourth-order valence-electron chi connectivity index (χ4n) is 2.05. The zero-order valence-electron chi connectivity index (χ0n) is 11.6. The number of anilines is 1. The van der Waals surface area contributed by atoms with Crippen molar-refractivity contribution in [1.29, 1.82) is 0 Å². The summed E-state index contributed by atoms with van der Waals surface area (Å²) in [6.07, 6.45) is 0.455. The Morgan fingerprint density at radius 2 is 2.24 bits per heavy atom. The number of hydrogen-bond acceptors (Lipinski definition) is 4. The van der Waals surface area contributed by atoms with Crippen LogP contribution in [0, 0.1) is 15.9 Å². The van der Waals surface area contributed by atoms with E-state index in [4.69, 9.17) is 0 Å². The van der Waals surface area contributed by atoms with E-state index in [1.165, 1.54) is 10.7 Å². The van der Waals surface area contributed by atoms with E-state index in [0.29, 0.717) is 17.7 Å². The predicted octanol–water partition coefficient (Wildman–Crippen LogP) is 3.40. The van der Waals surface area contributed by atoms with E-state index in [-0.39, 0.29) is 23.9 Å². The lowest BCUT2D eigenvalue weighted by molar-refractivity contribution is -0.384. The third kappa shape index (κ3) is 3.21. The summed E-state index contributed by atoms with van der Waals surface area (Å²) in [6.45, 7) is 1.93. The molecule has 0 unspecified atom stereocenters. The van der Waals surface area contributed by atoms with E-state index in [0.717, 1.165) is 4.47 Å². The highest BCUT2D eigenvalue weighted by atomic mass is 79.9. The summed E-state index contributed by atoms with van der Waals surface area (Å²) in [7, 11) is 1.62. The van der Waals surface area contributed by atoms with Gasteiger partial charge in [-0.2, -0.15) is 5.10 Å².